The third kappa shape index (κ3) is 5.56. The van der Waals surface area contributed by atoms with E-state index in [1.807, 2.05) is 0 Å². The predicted octanol–water partition coefficient (Wildman–Crippen LogP) is 5.08. The highest BCUT2D eigenvalue weighted by Gasteiger charge is 2.25. The number of amides is 2. The zero-order chi connectivity index (χ0) is 22.4. The maximum Gasteiger partial charge on any atom is 0.412 e. The van der Waals surface area contributed by atoms with Gasteiger partial charge >= 0.3 is 6.09 Å². The van der Waals surface area contributed by atoms with Gasteiger partial charge in [-0.3, -0.25) is 10.1 Å². The molecule has 0 aliphatic heterocycles. The largest absolute Gasteiger partial charge is 0.444 e. The molecule has 0 saturated heterocycles. The van der Waals surface area contributed by atoms with Crippen molar-refractivity contribution in [1.29, 1.82) is 0 Å². The molecule has 0 heterocycles. The van der Waals surface area contributed by atoms with Crippen LogP contribution in [0.3, 0.4) is 0 Å². The minimum Gasteiger partial charge on any atom is -0.444 e. The average Bonchev–Trinajstić information content (AvgIpc) is 2.77. The van der Waals surface area contributed by atoms with Crippen LogP contribution in [0.2, 0.25) is 5.02 Å². The van der Waals surface area contributed by atoms with Crippen LogP contribution in [-0.4, -0.2) is 12.0 Å². The summed E-state index contributed by atoms with van der Waals surface area (Å²) in [6.07, 6.45) is -0.993. The van der Waals surface area contributed by atoms with Crippen molar-refractivity contribution in [3.8, 4) is 0 Å². The molecule has 4 N–H and O–H groups in total. The van der Waals surface area contributed by atoms with Gasteiger partial charge in [-0.1, -0.05) is 54.1 Å². The molecule has 9 heteroatoms. The van der Waals surface area contributed by atoms with E-state index >= 15 is 0 Å². The third-order valence-electron chi connectivity index (χ3n) is 4.25. The molecule has 3 aromatic rings. The molecular weight excluding hydrogens is 428 g/mol. The Morgan fingerprint density at radius 2 is 1.65 bits per heavy atom. The van der Waals surface area contributed by atoms with Crippen molar-refractivity contribution in [2.75, 3.05) is 10.6 Å². The molecule has 6 nitrogen and oxygen atoms in total. The lowest BCUT2D eigenvalue weighted by molar-refractivity contribution is 0.101. The van der Waals surface area contributed by atoms with E-state index in [4.69, 9.17) is 22.1 Å². The van der Waals surface area contributed by atoms with Gasteiger partial charge in [-0.25, -0.2) is 13.6 Å². The second-order valence-electron chi connectivity index (χ2n) is 6.45. The Morgan fingerprint density at radius 3 is 2.35 bits per heavy atom. The van der Waals surface area contributed by atoms with Gasteiger partial charge in [0.25, 0.3) is 5.91 Å². The molecule has 0 aliphatic carbocycles. The molecule has 160 valence electrons. The van der Waals surface area contributed by atoms with Gasteiger partial charge in [0.15, 0.2) is 11.6 Å². The van der Waals surface area contributed by atoms with Crippen LogP contribution in [0.5, 0.6) is 0 Å². The fourth-order valence-electron chi connectivity index (χ4n) is 2.73. The summed E-state index contributed by atoms with van der Waals surface area (Å²) >= 11 is 5.81. The zero-order valence-electron chi connectivity index (χ0n) is 16.1. The first kappa shape index (κ1) is 22.2. The number of halogens is 3. The lowest BCUT2D eigenvalue weighted by atomic mass is 10.1. The van der Waals surface area contributed by atoms with Gasteiger partial charge in [-0.05, 0) is 29.3 Å². The van der Waals surface area contributed by atoms with E-state index in [1.165, 1.54) is 6.07 Å². The van der Waals surface area contributed by atoms with Crippen LogP contribution in [0.4, 0.5) is 25.0 Å². The number of benzene rings is 3. The Morgan fingerprint density at radius 1 is 0.935 bits per heavy atom. The molecule has 0 aliphatic rings. The summed E-state index contributed by atoms with van der Waals surface area (Å²) < 4.78 is 34.3. The molecule has 0 atom stereocenters. The van der Waals surface area contributed by atoms with E-state index in [1.54, 1.807) is 48.5 Å². The number of ether oxygens (including phenoxy) is 1. The van der Waals surface area contributed by atoms with Crippen molar-refractivity contribution in [2.45, 2.75) is 13.2 Å². The van der Waals surface area contributed by atoms with E-state index in [9.17, 15) is 18.4 Å². The van der Waals surface area contributed by atoms with Crippen LogP contribution in [0.25, 0.3) is 0 Å². The molecular formula is C22H18ClF2N3O3. The number of nitrogens with one attached hydrogen (secondary N) is 2. The number of nitrogens with two attached hydrogens (primary N) is 1. The fourth-order valence-corrected chi connectivity index (χ4v) is 2.94. The average molecular weight is 446 g/mol. The van der Waals surface area contributed by atoms with Gasteiger partial charge in [0.1, 0.15) is 12.2 Å². The van der Waals surface area contributed by atoms with Crippen LogP contribution in [0.1, 0.15) is 21.5 Å². The fraction of sp³-hybridized carbons (Fsp3) is 0.0909. The number of carbonyl (C=O) groups is 2. The summed E-state index contributed by atoms with van der Waals surface area (Å²) in [4.78, 5) is 24.6. The number of anilines is 2. The van der Waals surface area contributed by atoms with Gasteiger partial charge in [0.2, 0.25) is 0 Å². The standard InChI is InChI=1S/C22H18ClF2N3O3/c23-16-10-17(28-22(30)31-12-13-5-2-1-3-6-13)20(25)18(19(16)24)21(29)27-15-8-4-7-14(9-15)11-26/h1-10H,11-12,26H2,(H,27,29)(H,28,30). The predicted molar refractivity (Wildman–Crippen MR) is 114 cm³/mol. The SMILES string of the molecule is NCc1cccc(NC(=O)c2c(F)c(Cl)cc(NC(=O)OCc3ccccc3)c2F)c1. The summed E-state index contributed by atoms with van der Waals surface area (Å²) in [5.41, 5.74) is 5.85. The Bertz CT molecular complexity index is 1110. The molecule has 31 heavy (non-hydrogen) atoms. The topological polar surface area (TPSA) is 93.5 Å². The second kappa shape index (κ2) is 10.0. The maximum atomic E-state index is 14.9. The first-order valence-electron chi connectivity index (χ1n) is 9.14. The summed E-state index contributed by atoms with van der Waals surface area (Å²) in [5.74, 6) is -3.62. The van der Waals surface area contributed by atoms with Crippen LogP contribution < -0.4 is 16.4 Å². The molecule has 0 radical (unpaired) electrons. The van der Waals surface area contributed by atoms with Crippen LogP contribution in [-0.2, 0) is 17.9 Å². The van der Waals surface area contributed by atoms with Gasteiger partial charge in [0, 0.05) is 12.2 Å². The van der Waals surface area contributed by atoms with Crippen LogP contribution in [0, 0.1) is 11.6 Å². The van der Waals surface area contributed by atoms with Gasteiger partial charge in [0.05, 0.1) is 10.7 Å². The van der Waals surface area contributed by atoms with Crippen molar-refractivity contribution in [2.24, 2.45) is 5.73 Å². The molecule has 3 rings (SSSR count). The van der Waals surface area contributed by atoms with Gasteiger partial charge in [-0.2, -0.15) is 0 Å². The highest BCUT2D eigenvalue weighted by molar-refractivity contribution is 6.31. The zero-order valence-corrected chi connectivity index (χ0v) is 16.9. The van der Waals surface area contributed by atoms with E-state index in [0.717, 1.165) is 11.6 Å². The molecule has 2 amide bonds. The number of rotatable bonds is 6. The summed E-state index contributed by atoms with van der Waals surface area (Å²) in [7, 11) is 0. The van der Waals surface area contributed by atoms with E-state index in [0.29, 0.717) is 11.3 Å². The molecule has 0 fully saturated rings. The number of hydrogen-bond acceptors (Lipinski definition) is 4. The minimum absolute atomic E-state index is 0.0615. The molecule has 0 unspecified atom stereocenters. The van der Waals surface area contributed by atoms with Gasteiger partial charge in [-0.15, -0.1) is 0 Å². The van der Waals surface area contributed by atoms with E-state index < -0.39 is 39.9 Å². The summed E-state index contributed by atoms with van der Waals surface area (Å²) in [6, 6.07) is 16.2. The van der Waals surface area contributed by atoms with Crippen molar-refractivity contribution >= 4 is 35.0 Å². The Kier molecular flexibility index (Phi) is 7.17. The van der Waals surface area contributed by atoms with Crippen molar-refractivity contribution in [1.82, 2.24) is 0 Å². The molecule has 0 spiro atoms. The number of carbonyl (C=O) groups excluding carboxylic acids is 2. The summed E-state index contributed by atoms with van der Waals surface area (Å²) in [6.45, 7) is 0.163. The van der Waals surface area contributed by atoms with Crippen molar-refractivity contribution in [3.63, 3.8) is 0 Å². The molecule has 3 aromatic carbocycles. The molecule has 0 aromatic heterocycles. The lowest BCUT2D eigenvalue weighted by Gasteiger charge is -2.13. The molecule has 0 saturated carbocycles. The third-order valence-corrected chi connectivity index (χ3v) is 4.53. The highest BCUT2D eigenvalue weighted by Crippen LogP contribution is 2.29. The summed E-state index contributed by atoms with van der Waals surface area (Å²) in [5, 5.41) is 3.99. The van der Waals surface area contributed by atoms with Crippen LogP contribution >= 0.6 is 11.6 Å². The molecule has 0 bridgehead atoms. The highest BCUT2D eigenvalue weighted by atomic mass is 35.5. The Balaban J connectivity index is 1.78. The number of hydrogen-bond donors (Lipinski definition) is 3. The minimum atomic E-state index is -1.29. The normalized spacial score (nSPS) is 10.5. The van der Waals surface area contributed by atoms with Crippen molar-refractivity contribution in [3.05, 3.63) is 94.0 Å². The lowest BCUT2D eigenvalue weighted by Crippen LogP contribution is -2.20. The van der Waals surface area contributed by atoms with E-state index in [2.05, 4.69) is 10.6 Å². The first-order chi connectivity index (χ1) is 14.9. The van der Waals surface area contributed by atoms with E-state index in [-0.39, 0.29) is 13.2 Å². The quantitative estimate of drug-likeness (QED) is 0.461. The van der Waals surface area contributed by atoms with Gasteiger partial charge < -0.3 is 15.8 Å². The smallest absolute Gasteiger partial charge is 0.412 e. The first-order valence-corrected chi connectivity index (χ1v) is 9.52. The Hall–Kier alpha value is -3.49. The second-order valence-corrected chi connectivity index (χ2v) is 6.86. The maximum absolute atomic E-state index is 14.9. The van der Waals surface area contributed by atoms with Crippen LogP contribution in [0.15, 0.2) is 60.7 Å². The Labute approximate surface area is 182 Å². The van der Waals surface area contributed by atoms with Crippen molar-refractivity contribution < 1.29 is 23.1 Å². The monoisotopic (exact) mass is 445 g/mol.